The number of ether oxygens (including phenoxy) is 2. The molecule has 1 aliphatic heterocycles. The van der Waals surface area contributed by atoms with Crippen LogP contribution in [-0.2, 0) is 16.0 Å². The SMILES string of the molecule is COC1(Cn2c(=S)[nH]c3cc(Cl)c(Cl)cc32)CCOC1. The summed E-state index contributed by atoms with van der Waals surface area (Å²) in [5, 5.41) is 1.02. The highest BCUT2D eigenvalue weighted by molar-refractivity contribution is 7.71. The van der Waals surface area contributed by atoms with E-state index in [0.717, 1.165) is 17.5 Å². The van der Waals surface area contributed by atoms with Gasteiger partial charge in [-0.2, -0.15) is 0 Å². The number of halogens is 2. The zero-order chi connectivity index (χ0) is 14.3. The molecule has 7 heteroatoms. The zero-order valence-corrected chi connectivity index (χ0v) is 13.2. The fourth-order valence-corrected chi connectivity index (χ4v) is 3.13. The standard InChI is InChI=1S/C13H14Cl2N2O2S/c1-18-13(2-3-19-7-13)6-17-11-5-9(15)8(14)4-10(11)16-12(17)20/h4-5H,2-3,6-7H2,1H3,(H,16,20). The summed E-state index contributed by atoms with van der Waals surface area (Å²) in [7, 11) is 1.71. The number of aromatic amines is 1. The second kappa shape index (κ2) is 5.31. The van der Waals surface area contributed by atoms with E-state index in [-0.39, 0.29) is 5.60 Å². The van der Waals surface area contributed by atoms with E-state index in [9.17, 15) is 0 Å². The first-order valence-corrected chi connectivity index (χ1v) is 7.41. The Kier molecular flexibility index (Phi) is 3.81. The van der Waals surface area contributed by atoms with Gasteiger partial charge in [0.1, 0.15) is 5.60 Å². The summed E-state index contributed by atoms with van der Waals surface area (Å²) in [6.07, 6.45) is 0.846. The fraction of sp³-hybridized carbons (Fsp3) is 0.462. The van der Waals surface area contributed by atoms with Crippen LogP contribution in [0.1, 0.15) is 6.42 Å². The molecule has 1 atom stereocenters. The van der Waals surface area contributed by atoms with Crippen molar-refractivity contribution >= 4 is 46.5 Å². The number of imidazole rings is 1. The van der Waals surface area contributed by atoms with Gasteiger partial charge in [-0.05, 0) is 24.4 Å². The van der Waals surface area contributed by atoms with Crippen molar-refractivity contribution in [1.82, 2.24) is 9.55 Å². The number of rotatable bonds is 3. The van der Waals surface area contributed by atoms with Crippen molar-refractivity contribution in [3.63, 3.8) is 0 Å². The lowest BCUT2D eigenvalue weighted by Crippen LogP contribution is -2.37. The number of nitrogens with zero attached hydrogens (tertiary/aromatic N) is 1. The van der Waals surface area contributed by atoms with Crippen LogP contribution in [0.3, 0.4) is 0 Å². The summed E-state index contributed by atoms with van der Waals surface area (Å²) in [6, 6.07) is 3.61. The second-order valence-corrected chi connectivity index (χ2v) is 6.19. The number of hydrogen-bond acceptors (Lipinski definition) is 3. The monoisotopic (exact) mass is 332 g/mol. The first-order valence-electron chi connectivity index (χ1n) is 6.25. The molecular weight excluding hydrogens is 319 g/mol. The van der Waals surface area contributed by atoms with Gasteiger partial charge < -0.3 is 19.0 Å². The molecule has 0 bridgehead atoms. The summed E-state index contributed by atoms with van der Waals surface area (Å²) in [4.78, 5) is 3.15. The molecule has 4 nitrogen and oxygen atoms in total. The summed E-state index contributed by atoms with van der Waals surface area (Å²) < 4.78 is 13.7. The van der Waals surface area contributed by atoms with Gasteiger partial charge in [-0.25, -0.2) is 0 Å². The van der Waals surface area contributed by atoms with Crippen molar-refractivity contribution in [3.05, 3.63) is 26.9 Å². The number of fused-ring (bicyclic) bond motifs is 1. The largest absolute Gasteiger partial charge is 0.378 e. The molecule has 2 heterocycles. The van der Waals surface area contributed by atoms with Crippen molar-refractivity contribution in [2.45, 2.75) is 18.6 Å². The molecule has 1 saturated heterocycles. The zero-order valence-electron chi connectivity index (χ0n) is 10.9. The molecule has 1 N–H and O–H groups in total. The highest BCUT2D eigenvalue weighted by atomic mass is 35.5. The number of hydrogen-bond donors (Lipinski definition) is 1. The van der Waals surface area contributed by atoms with Crippen LogP contribution in [-0.4, -0.2) is 35.5 Å². The van der Waals surface area contributed by atoms with Crippen molar-refractivity contribution in [2.75, 3.05) is 20.3 Å². The van der Waals surface area contributed by atoms with Gasteiger partial charge in [0.15, 0.2) is 4.77 Å². The lowest BCUT2D eigenvalue weighted by Gasteiger charge is -2.26. The number of nitrogens with one attached hydrogen (secondary N) is 1. The molecule has 0 saturated carbocycles. The Morgan fingerprint density at radius 2 is 2.20 bits per heavy atom. The van der Waals surface area contributed by atoms with Crippen LogP contribution in [0, 0.1) is 4.77 Å². The molecule has 0 radical (unpaired) electrons. The summed E-state index contributed by atoms with van der Waals surface area (Å²) in [6.45, 7) is 1.90. The molecule has 0 amide bonds. The Morgan fingerprint density at radius 1 is 1.45 bits per heavy atom. The van der Waals surface area contributed by atoms with Crippen molar-refractivity contribution < 1.29 is 9.47 Å². The second-order valence-electron chi connectivity index (χ2n) is 4.99. The Morgan fingerprint density at radius 3 is 2.85 bits per heavy atom. The van der Waals surface area contributed by atoms with E-state index >= 15 is 0 Å². The van der Waals surface area contributed by atoms with Crippen LogP contribution < -0.4 is 0 Å². The van der Waals surface area contributed by atoms with Crippen LogP contribution in [0.2, 0.25) is 10.0 Å². The number of methoxy groups -OCH3 is 1. The third-order valence-corrected chi connectivity index (χ3v) is 4.81. The highest BCUT2D eigenvalue weighted by Gasteiger charge is 2.36. The molecule has 3 rings (SSSR count). The normalized spacial score (nSPS) is 22.8. The van der Waals surface area contributed by atoms with Crippen LogP contribution in [0.15, 0.2) is 12.1 Å². The summed E-state index contributed by atoms with van der Waals surface area (Å²) in [5.41, 5.74) is 1.46. The molecule has 0 spiro atoms. The first-order chi connectivity index (χ1) is 9.54. The fourth-order valence-electron chi connectivity index (χ4n) is 2.54. The minimum atomic E-state index is -0.334. The first kappa shape index (κ1) is 14.4. The van der Waals surface area contributed by atoms with Gasteiger partial charge in [0.05, 0.1) is 34.2 Å². The summed E-state index contributed by atoms with van der Waals surface area (Å²) >= 11 is 17.5. The van der Waals surface area contributed by atoms with Gasteiger partial charge in [0.2, 0.25) is 0 Å². The molecule has 1 aromatic heterocycles. The number of H-pyrrole nitrogens is 1. The Balaban J connectivity index is 2.09. The quantitative estimate of drug-likeness (QED) is 0.868. The molecule has 1 fully saturated rings. The maximum Gasteiger partial charge on any atom is 0.178 e. The average Bonchev–Trinajstić information content (AvgIpc) is 2.99. The minimum Gasteiger partial charge on any atom is -0.378 e. The lowest BCUT2D eigenvalue weighted by molar-refractivity contribution is -0.0290. The van der Waals surface area contributed by atoms with Crippen LogP contribution >= 0.6 is 35.4 Å². The van der Waals surface area contributed by atoms with Gasteiger partial charge in [-0.15, -0.1) is 0 Å². The summed E-state index contributed by atoms with van der Waals surface area (Å²) in [5.74, 6) is 0. The third kappa shape index (κ3) is 2.38. The van der Waals surface area contributed by atoms with Crippen molar-refractivity contribution in [2.24, 2.45) is 0 Å². The highest BCUT2D eigenvalue weighted by Crippen LogP contribution is 2.30. The van der Waals surface area contributed by atoms with E-state index in [1.807, 2.05) is 10.6 Å². The Labute approximate surface area is 131 Å². The predicted molar refractivity (Wildman–Crippen MR) is 82.3 cm³/mol. The topological polar surface area (TPSA) is 39.2 Å². The molecule has 108 valence electrons. The molecule has 2 aromatic rings. The maximum absolute atomic E-state index is 6.10. The van der Waals surface area contributed by atoms with Crippen molar-refractivity contribution in [1.29, 1.82) is 0 Å². The number of aromatic nitrogens is 2. The van der Waals surface area contributed by atoms with Gasteiger partial charge >= 0.3 is 0 Å². The minimum absolute atomic E-state index is 0.334. The molecule has 1 aromatic carbocycles. The van der Waals surface area contributed by atoms with Crippen LogP contribution in [0.4, 0.5) is 0 Å². The Bertz CT molecular complexity index is 704. The van der Waals surface area contributed by atoms with E-state index in [0.29, 0.717) is 34.6 Å². The van der Waals surface area contributed by atoms with Gasteiger partial charge in [-0.1, -0.05) is 23.2 Å². The van der Waals surface area contributed by atoms with E-state index in [4.69, 9.17) is 44.9 Å². The maximum atomic E-state index is 6.10. The lowest BCUT2D eigenvalue weighted by atomic mass is 10.0. The van der Waals surface area contributed by atoms with Crippen LogP contribution in [0.25, 0.3) is 11.0 Å². The molecule has 1 unspecified atom stereocenters. The van der Waals surface area contributed by atoms with E-state index < -0.39 is 0 Å². The predicted octanol–water partition coefficient (Wildman–Crippen LogP) is 3.81. The number of benzene rings is 1. The molecule has 0 aliphatic carbocycles. The van der Waals surface area contributed by atoms with Crippen molar-refractivity contribution in [3.8, 4) is 0 Å². The van der Waals surface area contributed by atoms with E-state index in [2.05, 4.69) is 4.98 Å². The van der Waals surface area contributed by atoms with Gasteiger partial charge in [-0.3, -0.25) is 0 Å². The molecular formula is C13H14Cl2N2O2S. The smallest absolute Gasteiger partial charge is 0.178 e. The van der Waals surface area contributed by atoms with E-state index in [1.165, 1.54) is 0 Å². The molecule has 20 heavy (non-hydrogen) atoms. The average molecular weight is 333 g/mol. The molecule has 1 aliphatic rings. The van der Waals surface area contributed by atoms with E-state index in [1.54, 1.807) is 13.2 Å². The van der Waals surface area contributed by atoms with Gasteiger partial charge in [0.25, 0.3) is 0 Å². The third-order valence-electron chi connectivity index (χ3n) is 3.76. The van der Waals surface area contributed by atoms with Crippen LogP contribution in [0.5, 0.6) is 0 Å². The Hall–Kier alpha value is -0.590. The van der Waals surface area contributed by atoms with Gasteiger partial charge in [0, 0.05) is 20.1 Å².